The third-order valence-corrected chi connectivity index (χ3v) is 7.67. The number of rotatable bonds is 11. The number of pyridine rings is 1. The summed E-state index contributed by atoms with van der Waals surface area (Å²) in [5.74, 6) is -0.0949. The van der Waals surface area contributed by atoms with Crippen molar-refractivity contribution in [2.45, 2.75) is 63.5 Å². The number of benzene rings is 1. The summed E-state index contributed by atoms with van der Waals surface area (Å²) in [6.07, 6.45) is 0.0281. The average Bonchev–Trinajstić information content (AvgIpc) is 3.28. The zero-order valence-corrected chi connectivity index (χ0v) is 21.9. The molecule has 0 radical (unpaired) electrons. The first kappa shape index (κ1) is 27.8. The molecule has 1 aromatic heterocycles. The van der Waals surface area contributed by atoms with Crippen LogP contribution in [-0.4, -0.2) is 74.7 Å². The molecular weight excluding hydrogens is 485 g/mol. The zero-order chi connectivity index (χ0) is 26.5. The third-order valence-electron chi connectivity index (χ3n) is 6.49. The van der Waals surface area contributed by atoms with Crippen molar-refractivity contribution < 1.29 is 22.7 Å². The van der Waals surface area contributed by atoms with Crippen molar-refractivity contribution >= 4 is 27.6 Å². The Morgan fingerprint density at radius 3 is 2.58 bits per heavy atom. The fourth-order valence-corrected chi connectivity index (χ4v) is 4.50. The molecule has 3 rings (SSSR count). The smallest absolute Gasteiger partial charge is 0.251 e. The Balaban J connectivity index is 1.93. The van der Waals surface area contributed by atoms with E-state index in [1.807, 2.05) is 44.2 Å². The summed E-state index contributed by atoms with van der Waals surface area (Å²) in [5.41, 5.74) is 1.05. The summed E-state index contributed by atoms with van der Waals surface area (Å²) < 4.78 is 39.7. The van der Waals surface area contributed by atoms with E-state index in [4.69, 9.17) is 0 Å². The SMILES string of the molecule is CC[C@H](C)Nc1cc(C(=O)N[C@@H](Cc2ccccc2)[C@H](O)[C@@H]2NCC[C@@H]2F)cc(N(C)S(C)(=O)=O)n1. The molecule has 1 aromatic carbocycles. The number of aromatic nitrogens is 1. The minimum atomic E-state index is -3.62. The lowest BCUT2D eigenvalue weighted by molar-refractivity contribution is 0.0593. The van der Waals surface area contributed by atoms with Gasteiger partial charge < -0.3 is 21.1 Å². The molecule has 1 saturated heterocycles. The molecule has 4 N–H and O–H groups in total. The van der Waals surface area contributed by atoms with Crippen molar-refractivity contribution in [1.29, 1.82) is 0 Å². The largest absolute Gasteiger partial charge is 0.389 e. The van der Waals surface area contributed by atoms with Crippen molar-refractivity contribution in [3.8, 4) is 0 Å². The van der Waals surface area contributed by atoms with Crippen molar-refractivity contribution in [2.24, 2.45) is 0 Å². The second-order valence-electron chi connectivity index (χ2n) is 9.33. The predicted molar refractivity (Wildman–Crippen MR) is 140 cm³/mol. The molecular formula is C25H36FN5O4S. The highest BCUT2D eigenvalue weighted by atomic mass is 32.2. The van der Waals surface area contributed by atoms with E-state index < -0.39 is 40.3 Å². The summed E-state index contributed by atoms with van der Waals surface area (Å²) in [6.45, 7) is 4.39. The van der Waals surface area contributed by atoms with Gasteiger partial charge in [-0.2, -0.15) is 0 Å². The Morgan fingerprint density at radius 1 is 1.31 bits per heavy atom. The Labute approximate surface area is 212 Å². The van der Waals surface area contributed by atoms with Gasteiger partial charge in [0.1, 0.15) is 17.8 Å². The maximum Gasteiger partial charge on any atom is 0.251 e. The average molecular weight is 522 g/mol. The highest BCUT2D eigenvalue weighted by molar-refractivity contribution is 7.92. The number of aliphatic hydroxyl groups excluding tert-OH is 1. The molecule has 198 valence electrons. The summed E-state index contributed by atoms with van der Waals surface area (Å²) in [5, 5.41) is 20.1. The summed E-state index contributed by atoms with van der Waals surface area (Å²) in [6, 6.07) is 10.7. The van der Waals surface area contributed by atoms with Crippen molar-refractivity contribution in [3.05, 3.63) is 53.6 Å². The fourth-order valence-electron chi connectivity index (χ4n) is 4.06. The van der Waals surface area contributed by atoms with Crippen LogP contribution in [0.25, 0.3) is 0 Å². The molecule has 36 heavy (non-hydrogen) atoms. The minimum Gasteiger partial charge on any atom is -0.389 e. The van der Waals surface area contributed by atoms with E-state index in [-0.39, 0.29) is 23.8 Å². The van der Waals surface area contributed by atoms with Gasteiger partial charge in [0.15, 0.2) is 0 Å². The molecule has 0 aliphatic carbocycles. The highest BCUT2D eigenvalue weighted by Gasteiger charge is 2.37. The number of alkyl halides is 1. The van der Waals surface area contributed by atoms with Gasteiger partial charge in [-0.15, -0.1) is 0 Å². The number of hydrogen-bond acceptors (Lipinski definition) is 7. The fraction of sp³-hybridized carbons (Fsp3) is 0.520. The number of aliphatic hydroxyl groups is 1. The van der Waals surface area contributed by atoms with E-state index in [9.17, 15) is 22.7 Å². The van der Waals surface area contributed by atoms with Crippen LogP contribution in [0.2, 0.25) is 0 Å². The molecule has 5 atom stereocenters. The molecule has 0 unspecified atom stereocenters. The molecule has 2 aromatic rings. The van der Waals surface area contributed by atoms with Crippen molar-refractivity contribution in [2.75, 3.05) is 29.5 Å². The number of carbonyl (C=O) groups excluding carboxylic acids is 1. The van der Waals surface area contributed by atoms with E-state index >= 15 is 0 Å². The number of hydrogen-bond donors (Lipinski definition) is 4. The lowest BCUT2D eigenvalue weighted by Gasteiger charge is -2.30. The Morgan fingerprint density at radius 2 is 2.00 bits per heavy atom. The molecule has 1 amide bonds. The van der Waals surface area contributed by atoms with Crippen LogP contribution in [0.15, 0.2) is 42.5 Å². The number of carbonyl (C=O) groups is 1. The predicted octanol–water partition coefficient (Wildman–Crippen LogP) is 2.09. The maximum absolute atomic E-state index is 14.4. The summed E-state index contributed by atoms with van der Waals surface area (Å²) >= 11 is 0. The van der Waals surface area contributed by atoms with E-state index in [0.29, 0.717) is 18.8 Å². The summed E-state index contributed by atoms with van der Waals surface area (Å²) in [7, 11) is -2.26. The van der Waals surface area contributed by atoms with Gasteiger partial charge >= 0.3 is 0 Å². The van der Waals surface area contributed by atoms with Gasteiger partial charge in [-0.3, -0.25) is 9.10 Å². The molecule has 1 fully saturated rings. The Bertz CT molecular complexity index is 1130. The van der Waals surface area contributed by atoms with Gasteiger partial charge in [0, 0.05) is 18.7 Å². The Hall–Kier alpha value is -2.76. The maximum atomic E-state index is 14.4. The minimum absolute atomic E-state index is 0.0368. The second kappa shape index (κ2) is 12.0. The Kier molecular flexibility index (Phi) is 9.26. The van der Waals surface area contributed by atoms with Crippen LogP contribution in [0, 0.1) is 0 Å². The molecule has 0 saturated carbocycles. The first-order valence-corrected chi connectivity index (χ1v) is 14.0. The molecule has 2 heterocycles. The second-order valence-corrected chi connectivity index (χ2v) is 11.3. The highest BCUT2D eigenvalue weighted by Crippen LogP contribution is 2.22. The van der Waals surface area contributed by atoms with Crippen LogP contribution >= 0.6 is 0 Å². The van der Waals surface area contributed by atoms with Crippen LogP contribution in [0.3, 0.4) is 0 Å². The van der Waals surface area contributed by atoms with Gasteiger partial charge in [0.05, 0.1) is 24.4 Å². The van der Waals surface area contributed by atoms with Gasteiger partial charge in [-0.25, -0.2) is 17.8 Å². The molecule has 1 aliphatic heterocycles. The van der Waals surface area contributed by atoms with E-state index in [2.05, 4.69) is 20.9 Å². The van der Waals surface area contributed by atoms with Crippen LogP contribution in [0.4, 0.5) is 16.0 Å². The molecule has 0 spiro atoms. The number of amides is 1. The summed E-state index contributed by atoms with van der Waals surface area (Å²) in [4.78, 5) is 17.8. The van der Waals surface area contributed by atoms with Crippen molar-refractivity contribution in [3.63, 3.8) is 0 Å². The zero-order valence-electron chi connectivity index (χ0n) is 21.1. The van der Waals surface area contributed by atoms with Gasteiger partial charge in [-0.1, -0.05) is 37.3 Å². The lowest BCUT2D eigenvalue weighted by Crippen LogP contribution is -2.54. The van der Waals surface area contributed by atoms with E-state index in [1.165, 1.54) is 13.1 Å². The van der Waals surface area contributed by atoms with Crippen LogP contribution in [0.1, 0.15) is 42.6 Å². The lowest BCUT2D eigenvalue weighted by atomic mass is 9.94. The molecule has 1 aliphatic rings. The third kappa shape index (κ3) is 7.14. The van der Waals surface area contributed by atoms with Crippen LogP contribution in [0.5, 0.6) is 0 Å². The number of nitrogens with zero attached hydrogens (tertiary/aromatic N) is 2. The first-order chi connectivity index (χ1) is 17.0. The number of sulfonamides is 1. The molecule has 11 heteroatoms. The molecule has 9 nitrogen and oxygen atoms in total. The first-order valence-electron chi connectivity index (χ1n) is 12.1. The standard InChI is InChI=1S/C25H36FN5O4S/c1-5-16(2)28-21-14-18(15-22(30-21)31(3)36(4,34)35)25(33)29-20(13-17-9-7-6-8-10-17)24(32)23-19(26)11-12-27-23/h6-10,14-16,19-20,23-24,27,32H,5,11-13H2,1-4H3,(H,28,30)(H,29,33)/t16-,19-,20-,23+,24-/m0/s1. The quantitative estimate of drug-likeness (QED) is 0.357. The molecule has 0 bridgehead atoms. The number of anilines is 2. The number of nitrogens with one attached hydrogen (secondary N) is 3. The van der Waals surface area contributed by atoms with Gasteiger partial charge in [-0.05, 0) is 50.4 Å². The topological polar surface area (TPSA) is 124 Å². The van der Waals surface area contributed by atoms with E-state index in [0.717, 1.165) is 22.5 Å². The monoisotopic (exact) mass is 521 g/mol. The van der Waals surface area contributed by atoms with Gasteiger partial charge in [0.2, 0.25) is 10.0 Å². The van der Waals surface area contributed by atoms with E-state index in [1.54, 1.807) is 6.07 Å². The number of halogens is 1. The normalized spacial score (nSPS) is 20.4. The van der Waals surface area contributed by atoms with Gasteiger partial charge in [0.25, 0.3) is 5.91 Å². The van der Waals surface area contributed by atoms with Crippen molar-refractivity contribution in [1.82, 2.24) is 15.6 Å². The van der Waals surface area contributed by atoms with Crippen LogP contribution in [-0.2, 0) is 16.4 Å². The van der Waals surface area contributed by atoms with Crippen LogP contribution < -0.4 is 20.3 Å².